The smallest absolute Gasteiger partial charge is 0.243 e. The molecule has 31 heavy (non-hydrogen) atoms. The number of benzene rings is 2. The van der Waals surface area contributed by atoms with E-state index in [4.69, 9.17) is 11.6 Å². The highest BCUT2D eigenvalue weighted by Crippen LogP contribution is 2.18. The van der Waals surface area contributed by atoms with Gasteiger partial charge in [0.15, 0.2) is 0 Å². The third kappa shape index (κ3) is 6.27. The van der Waals surface area contributed by atoms with Crippen LogP contribution in [0.25, 0.3) is 0 Å². The lowest BCUT2D eigenvalue weighted by molar-refractivity contribution is -0.121. The summed E-state index contributed by atoms with van der Waals surface area (Å²) >= 11 is 5.78. The van der Waals surface area contributed by atoms with Crippen LogP contribution in [-0.2, 0) is 31.4 Å². The van der Waals surface area contributed by atoms with Crippen LogP contribution in [-0.4, -0.2) is 58.0 Å². The van der Waals surface area contributed by atoms with E-state index in [0.29, 0.717) is 10.6 Å². The van der Waals surface area contributed by atoms with Crippen LogP contribution in [0.5, 0.6) is 0 Å². The summed E-state index contributed by atoms with van der Waals surface area (Å²) < 4.78 is 52.3. The number of sulfonamides is 2. The molecular formula is C20H26ClN3O5S2. The summed E-state index contributed by atoms with van der Waals surface area (Å²) in [7, 11) is -4.58. The lowest BCUT2D eigenvalue weighted by atomic mass is 10.2. The number of likely N-dealkylation sites (N-methyl/N-ethyl adjacent to an activating group) is 1. The molecule has 1 amide bonds. The summed E-state index contributed by atoms with van der Waals surface area (Å²) in [6.45, 7) is 3.34. The van der Waals surface area contributed by atoms with Crippen LogP contribution in [0.1, 0.15) is 19.4 Å². The van der Waals surface area contributed by atoms with Gasteiger partial charge in [0.1, 0.15) is 0 Å². The highest BCUT2D eigenvalue weighted by Gasteiger charge is 2.24. The Kier molecular flexibility index (Phi) is 8.23. The van der Waals surface area contributed by atoms with Gasteiger partial charge in [0.05, 0.1) is 16.3 Å². The first kappa shape index (κ1) is 25.3. The Morgan fingerprint density at radius 3 is 1.90 bits per heavy atom. The summed E-state index contributed by atoms with van der Waals surface area (Å²) in [4.78, 5) is 12.4. The second kappa shape index (κ2) is 10.1. The third-order valence-electron chi connectivity index (χ3n) is 4.71. The zero-order chi connectivity index (χ0) is 23.4. The Hall–Kier alpha value is -1.98. The predicted molar refractivity (Wildman–Crippen MR) is 120 cm³/mol. The highest BCUT2D eigenvalue weighted by molar-refractivity contribution is 7.89. The zero-order valence-corrected chi connectivity index (χ0v) is 20.1. The fourth-order valence-corrected chi connectivity index (χ4v) is 5.17. The maximum absolute atomic E-state index is 12.5. The van der Waals surface area contributed by atoms with Crippen LogP contribution in [0.15, 0.2) is 58.3 Å². The van der Waals surface area contributed by atoms with Crippen LogP contribution >= 0.6 is 11.6 Å². The molecule has 0 unspecified atom stereocenters. The van der Waals surface area contributed by atoms with Gasteiger partial charge in [-0.3, -0.25) is 4.79 Å². The summed E-state index contributed by atoms with van der Waals surface area (Å²) in [6, 6.07) is 11.7. The maximum atomic E-state index is 12.5. The molecule has 11 heteroatoms. The first-order valence-corrected chi connectivity index (χ1v) is 12.7. The van der Waals surface area contributed by atoms with Gasteiger partial charge in [-0.2, -0.15) is 8.61 Å². The topological polar surface area (TPSA) is 104 Å². The minimum Gasteiger partial charge on any atom is -0.351 e. The van der Waals surface area contributed by atoms with E-state index in [1.165, 1.54) is 54.8 Å². The van der Waals surface area contributed by atoms with Gasteiger partial charge in [0.2, 0.25) is 26.0 Å². The molecule has 2 aromatic rings. The Bertz CT molecular complexity index is 1120. The van der Waals surface area contributed by atoms with Gasteiger partial charge in [-0.25, -0.2) is 16.8 Å². The van der Waals surface area contributed by atoms with Crippen molar-refractivity contribution < 1.29 is 21.6 Å². The molecule has 0 radical (unpaired) electrons. The van der Waals surface area contributed by atoms with Crippen molar-refractivity contribution in [2.75, 3.05) is 20.6 Å². The van der Waals surface area contributed by atoms with Crippen LogP contribution in [0.2, 0.25) is 5.02 Å². The average molecular weight is 488 g/mol. The van der Waals surface area contributed by atoms with Crippen molar-refractivity contribution in [1.29, 1.82) is 0 Å². The van der Waals surface area contributed by atoms with E-state index in [1.807, 2.05) is 0 Å². The molecule has 2 rings (SSSR count). The van der Waals surface area contributed by atoms with E-state index in [0.717, 1.165) is 4.31 Å². The van der Waals surface area contributed by atoms with Crippen molar-refractivity contribution in [2.24, 2.45) is 0 Å². The molecule has 1 N–H and O–H groups in total. The molecule has 0 bridgehead atoms. The first-order valence-electron chi connectivity index (χ1n) is 9.41. The highest BCUT2D eigenvalue weighted by atomic mass is 35.5. The van der Waals surface area contributed by atoms with Crippen LogP contribution in [0.3, 0.4) is 0 Å². The quantitative estimate of drug-likeness (QED) is 0.584. The lowest BCUT2D eigenvalue weighted by Gasteiger charge is -2.21. The molecule has 0 aliphatic heterocycles. The molecule has 170 valence electrons. The minimum absolute atomic E-state index is 0.0374. The fourth-order valence-electron chi connectivity index (χ4n) is 2.55. The molecule has 0 atom stereocenters. The Balaban J connectivity index is 1.97. The molecular weight excluding hydrogens is 462 g/mol. The number of hydrogen-bond acceptors (Lipinski definition) is 5. The van der Waals surface area contributed by atoms with Gasteiger partial charge in [-0.15, -0.1) is 0 Å². The van der Waals surface area contributed by atoms with E-state index < -0.39 is 26.0 Å². The number of rotatable bonds is 9. The van der Waals surface area contributed by atoms with E-state index >= 15 is 0 Å². The maximum Gasteiger partial charge on any atom is 0.243 e. The van der Waals surface area contributed by atoms with Crippen LogP contribution in [0, 0.1) is 0 Å². The molecule has 0 heterocycles. The number of nitrogens with zero attached hydrogens (tertiary/aromatic N) is 2. The van der Waals surface area contributed by atoms with Gasteiger partial charge >= 0.3 is 0 Å². The molecule has 0 aliphatic rings. The normalized spacial score (nSPS) is 12.5. The predicted octanol–water partition coefficient (Wildman–Crippen LogP) is 2.31. The number of carbonyl (C=O) groups excluding carboxylic acids is 1. The van der Waals surface area contributed by atoms with E-state index in [1.54, 1.807) is 26.0 Å². The number of carbonyl (C=O) groups is 1. The summed E-state index contributed by atoms with van der Waals surface area (Å²) in [5, 5.41) is 3.05. The van der Waals surface area contributed by atoms with Crippen LogP contribution in [0.4, 0.5) is 0 Å². The van der Waals surface area contributed by atoms with Gasteiger partial charge in [0.25, 0.3) is 0 Å². The van der Waals surface area contributed by atoms with Crippen molar-refractivity contribution in [3.05, 3.63) is 59.1 Å². The van der Waals surface area contributed by atoms with Gasteiger partial charge < -0.3 is 5.32 Å². The molecule has 0 aliphatic carbocycles. The Labute approximate surface area is 188 Å². The number of amides is 1. The van der Waals surface area contributed by atoms with Gasteiger partial charge in [-0.05, 0) is 55.8 Å². The lowest BCUT2D eigenvalue weighted by Crippen LogP contribution is -2.38. The molecule has 8 nitrogen and oxygen atoms in total. The molecule has 0 fully saturated rings. The summed E-state index contributed by atoms with van der Waals surface area (Å²) in [5.41, 5.74) is 0.683. The number of nitrogens with one attached hydrogen (secondary N) is 1. The summed E-state index contributed by atoms with van der Waals surface area (Å²) in [5.74, 6) is -0.490. The molecule has 2 aromatic carbocycles. The molecule has 0 aromatic heterocycles. The van der Waals surface area contributed by atoms with E-state index in [9.17, 15) is 21.6 Å². The first-order chi connectivity index (χ1) is 14.4. The van der Waals surface area contributed by atoms with Crippen LogP contribution < -0.4 is 5.32 Å². The number of hydrogen-bond donors (Lipinski definition) is 1. The second-order valence-electron chi connectivity index (χ2n) is 7.25. The van der Waals surface area contributed by atoms with Crippen molar-refractivity contribution in [1.82, 2.24) is 13.9 Å². The van der Waals surface area contributed by atoms with Crippen molar-refractivity contribution in [3.63, 3.8) is 0 Å². The monoisotopic (exact) mass is 487 g/mol. The van der Waals surface area contributed by atoms with E-state index in [-0.39, 0.29) is 28.9 Å². The SMILES string of the molecule is CC(C)N(C)S(=O)(=O)c1ccc(CNC(=O)CN(C)S(=O)(=O)c2ccc(Cl)cc2)cc1. The average Bonchev–Trinajstić information content (AvgIpc) is 2.72. The van der Waals surface area contributed by atoms with Crippen molar-refractivity contribution in [3.8, 4) is 0 Å². The van der Waals surface area contributed by atoms with Gasteiger partial charge in [0, 0.05) is 31.7 Å². The number of halogens is 1. The molecule has 0 spiro atoms. The summed E-state index contributed by atoms with van der Waals surface area (Å²) in [6.07, 6.45) is 0. The largest absolute Gasteiger partial charge is 0.351 e. The Morgan fingerprint density at radius 2 is 1.39 bits per heavy atom. The zero-order valence-electron chi connectivity index (χ0n) is 17.7. The minimum atomic E-state index is -3.83. The van der Waals surface area contributed by atoms with E-state index in [2.05, 4.69) is 5.32 Å². The third-order valence-corrected chi connectivity index (χ3v) is 8.82. The van der Waals surface area contributed by atoms with Crippen molar-refractivity contribution in [2.45, 2.75) is 36.2 Å². The fraction of sp³-hybridized carbons (Fsp3) is 0.350. The molecule has 0 saturated heterocycles. The van der Waals surface area contributed by atoms with Crippen molar-refractivity contribution >= 4 is 37.6 Å². The standard InChI is InChI=1S/C20H26ClN3O5S2/c1-15(2)24(4)31(28,29)19-9-5-16(6-10-19)13-22-20(25)14-23(3)30(26,27)18-11-7-17(21)8-12-18/h5-12,15H,13-14H2,1-4H3,(H,22,25). The molecule has 0 saturated carbocycles. The second-order valence-corrected chi connectivity index (χ2v) is 11.7. The Morgan fingerprint density at radius 1 is 0.903 bits per heavy atom. The van der Waals surface area contributed by atoms with Gasteiger partial charge in [-0.1, -0.05) is 23.7 Å².